The van der Waals surface area contributed by atoms with Crippen molar-refractivity contribution in [2.24, 2.45) is 0 Å². The largest absolute Gasteiger partial charge is 0.363 e. The van der Waals surface area contributed by atoms with E-state index >= 15 is 0 Å². The summed E-state index contributed by atoms with van der Waals surface area (Å²) in [5.41, 5.74) is 3.63. The molecule has 1 aliphatic heterocycles. The minimum atomic E-state index is 0.519. The van der Waals surface area contributed by atoms with Crippen LogP contribution in [-0.4, -0.2) is 44.6 Å². The first-order valence-electron chi connectivity index (χ1n) is 10.5. The van der Waals surface area contributed by atoms with Crippen LogP contribution in [0.4, 0.5) is 17.3 Å². The summed E-state index contributed by atoms with van der Waals surface area (Å²) in [4.78, 5) is 16.1. The van der Waals surface area contributed by atoms with E-state index in [4.69, 9.17) is 12.2 Å². The fourth-order valence-corrected chi connectivity index (χ4v) is 3.81. The van der Waals surface area contributed by atoms with E-state index in [1.165, 1.54) is 37.9 Å². The van der Waals surface area contributed by atoms with Crippen LogP contribution < -0.4 is 16.0 Å². The second-order valence-corrected chi connectivity index (χ2v) is 7.85. The maximum atomic E-state index is 5.21. The van der Waals surface area contributed by atoms with Crippen LogP contribution in [0.3, 0.4) is 0 Å². The molecule has 1 aromatic carbocycles. The molecular formula is C22H27N7S. The van der Waals surface area contributed by atoms with Gasteiger partial charge in [-0.1, -0.05) is 18.6 Å². The number of aromatic nitrogens is 3. The Morgan fingerprint density at radius 2 is 1.77 bits per heavy atom. The molecular weight excluding hydrogens is 394 g/mol. The van der Waals surface area contributed by atoms with Crippen molar-refractivity contribution in [2.45, 2.75) is 32.7 Å². The van der Waals surface area contributed by atoms with Gasteiger partial charge in [-0.05, 0) is 74.9 Å². The van der Waals surface area contributed by atoms with Crippen LogP contribution >= 0.6 is 12.2 Å². The number of nitrogens with one attached hydrogen (secondary N) is 3. The van der Waals surface area contributed by atoms with E-state index < -0.39 is 0 Å². The van der Waals surface area contributed by atoms with Gasteiger partial charge in [-0.2, -0.15) is 0 Å². The number of piperidine rings is 1. The quantitative estimate of drug-likeness (QED) is 0.515. The normalized spacial score (nSPS) is 14.4. The zero-order valence-electron chi connectivity index (χ0n) is 17.2. The van der Waals surface area contributed by atoms with E-state index in [0.29, 0.717) is 16.6 Å². The standard InChI is InChI=1S/C22H27N7S/c1-2-23-22(30)28-20-14-24-18-10-11-19(26-21(18)27-20)25-17-8-6-16(7-9-17)15-29-12-4-3-5-13-29/h6-11,14H,2-5,12-13,15H2,1H3,(H3,23,25,26,27,28,30). The average Bonchev–Trinajstić information content (AvgIpc) is 2.76. The topological polar surface area (TPSA) is 78.0 Å². The predicted octanol–water partition coefficient (Wildman–Crippen LogP) is 4.06. The molecule has 0 aliphatic carbocycles. The first kappa shape index (κ1) is 20.4. The molecule has 0 radical (unpaired) electrons. The number of pyridine rings is 1. The highest BCUT2D eigenvalue weighted by molar-refractivity contribution is 7.80. The molecule has 30 heavy (non-hydrogen) atoms. The minimum absolute atomic E-state index is 0.519. The van der Waals surface area contributed by atoms with E-state index in [0.717, 1.165) is 30.1 Å². The molecule has 7 nitrogen and oxygen atoms in total. The molecule has 3 heterocycles. The maximum Gasteiger partial charge on any atom is 0.182 e. The van der Waals surface area contributed by atoms with Crippen LogP contribution in [-0.2, 0) is 6.54 Å². The van der Waals surface area contributed by atoms with Crippen LogP contribution in [0.25, 0.3) is 11.2 Å². The van der Waals surface area contributed by atoms with Gasteiger partial charge in [0.2, 0.25) is 0 Å². The maximum absolute atomic E-state index is 5.21. The first-order valence-corrected chi connectivity index (χ1v) is 10.9. The van der Waals surface area contributed by atoms with Gasteiger partial charge < -0.3 is 16.0 Å². The minimum Gasteiger partial charge on any atom is -0.363 e. The average molecular weight is 422 g/mol. The lowest BCUT2D eigenvalue weighted by molar-refractivity contribution is 0.221. The molecule has 0 bridgehead atoms. The Labute approximate surface area is 182 Å². The molecule has 2 aromatic heterocycles. The Bertz CT molecular complexity index is 1000. The highest BCUT2D eigenvalue weighted by atomic mass is 32.1. The lowest BCUT2D eigenvalue weighted by Crippen LogP contribution is -2.29. The summed E-state index contributed by atoms with van der Waals surface area (Å²) in [5, 5.41) is 9.93. The molecule has 4 rings (SSSR count). The molecule has 0 atom stereocenters. The molecule has 1 aliphatic rings. The lowest BCUT2D eigenvalue weighted by Gasteiger charge is -2.26. The molecule has 0 saturated carbocycles. The van der Waals surface area contributed by atoms with Crippen LogP contribution in [0.15, 0.2) is 42.6 Å². The number of benzene rings is 1. The second-order valence-electron chi connectivity index (χ2n) is 7.44. The van der Waals surface area contributed by atoms with Crippen molar-refractivity contribution in [1.29, 1.82) is 0 Å². The number of anilines is 3. The smallest absolute Gasteiger partial charge is 0.182 e. The van der Waals surface area contributed by atoms with E-state index in [9.17, 15) is 0 Å². The number of thiocarbonyl (C=S) groups is 1. The molecule has 156 valence electrons. The molecule has 0 spiro atoms. The summed E-state index contributed by atoms with van der Waals surface area (Å²) in [6.07, 6.45) is 5.65. The summed E-state index contributed by atoms with van der Waals surface area (Å²) in [7, 11) is 0. The molecule has 0 amide bonds. The van der Waals surface area contributed by atoms with Crippen molar-refractivity contribution in [3.8, 4) is 0 Å². The lowest BCUT2D eigenvalue weighted by atomic mass is 10.1. The van der Waals surface area contributed by atoms with Crippen LogP contribution in [0, 0.1) is 0 Å². The number of hydrogen-bond donors (Lipinski definition) is 3. The fourth-order valence-electron chi connectivity index (χ4n) is 3.57. The van der Waals surface area contributed by atoms with Crippen LogP contribution in [0.1, 0.15) is 31.7 Å². The van der Waals surface area contributed by atoms with Gasteiger partial charge in [-0.3, -0.25) is 4.90 Å². The highest BCUT2D eigenvalue weighted by Crippen LogP contribution is 2.20. The number of nitrogens with zero attached hydrogens (tertiary/aromatic N) is 4. The van der Waals surface area contributed by atoms with E-state index in [2.05, 4.69) is 60.1 Å². The third kappa shape index (κ3) is 5.40. The van der Waals surface area contributed by atoms with Crippen molar-refractivity contribution in [1.82, 2.24) is 25.2 Å². The first-order chi connectivity index (χ1) is 14.7. The summed E-state index contributed by atoms with van der Waals surface area (Å²) in [6, 6.07) is 12.4. The van der Waals surface area contributed by atoms with Crippen molar-refractivity contribution in [3.05, 3.63) is 48.2 Å². The number of likely N-dealkylation sites (tertiary alicyclic amines) is 1. The monoisotopic (exact) mass is 421 g/mol. The predicted molar refractivity (Wildman–Crippen MR) is 126 cm³/mol. The highest BCUT2D eigenvalue weighted by Gasteiger charge is 2.10. The Kier molecular flexibility index (Phi) is 6.66. The Balaban J connectivity index is 1.43. The summed E-state index contributed by atoms with van der Waals surface area (Å²) >= 11 is 5.21. The van der Waals surface area contributed by atoms with Crippen LogP contribution in [0.5, 0.6) is 0 Å². The van der Waals surface area contributed by atoms with E-state index in [-0.39, 0.29) is 0 Å². The van der Waals surface area contributed by atoms with Crippen molar-refractivity contribution < 1.29 is 0 Å². The molecule has 1 saturated heterocycles. The van der Waals surface area contributed by atoms with Crippen molar-refractivity contribution in [3.63, 3.8) is 0 Å². The molecule has 0 unspecified atom stereocenters. The number of hydrogen-bond acceptors (Lipinski definition) is 6. The van der Waals surface area contributed by atoms with E-state index in [1.807, 2.05) is 19.1 Å². The van der Waals surface area contributed by atoms with Gasteiger partial charge >= 0.3 is 0 Å². The molecule has 3 aromatic rings. The third-order valence-electron chi connectivity index (χ3n) is 5.07. The van der Waals surface area contributed by atoms with Gasteiger partial charge in [0.25, 0.3) is 0 Å². The molecule has 3 N–H and O–H groups in total. The third-order valence-corrected chi connectivity index (χ3v) is 5.31. The number of fused-ring (bicyclic) bond motifs is 1. The van der Waals surface area contributed by atoms with Crippen molar-refractivity contribution >= 4 is 45.8 Å². The zero-order valence-corrected chi connectivity index (χ0v) is 18.0. The Morgan fingerprint density at radius 3 is 2.53 bits per heavy atom. The van der Waals surface area contributed by atoms with Gasteiger partial charge in [0.15, 0.2) is 16.6 Å². The summed E-state index contributed by atoms with van der Waals surface area (Å²) in [5.74, 6) is 1.30. The summed E-state index contributed by atoms with van der Waals surface area (Å²) < 4.78 is 0. The van der Waals surface area contributed by atoms with Crippen molar-refractivity contribution in [2.75, 3.05) is 30.3 Å². The summed E-state index contributed by atoms with van der Waals surface area (Å²) in [6.45, 7) is 6.17. The van der Waals surface area contributed by atoms with Gasteiger partial charge in [-0.15, -0.1) is 0 Å². The molecule has 1 fully saturated rings. The van der Waals surface area contributed by atoms with Gasteiger partial charge in [0.05, 0.1) is 6.20 Å². The SMILES string of the molecule is CCNC(=S)Nc1cnc2ccc(Nc3ccc(CN4CCCCC4)cc3)nc2n1. The van der Waals surface area contributed by atoms with E-state index in [1.54, 1.807) is 6.20 Å². The van der Waals surface area contributed by atoms with Crippen LogP contribution in [0.2, 0.25) is 0 Å². The Morgan fingerprint density at radius 1 is 1.00 bits per heavy atom. The zero-order chi connectivity index (χ0) is 20.8. The van der Waals surface area contributed by atoms with Gasteiger partial charge in [0.1, 0.15) is 11.3 Å². The number of rotatable bonds is 6. The second kappa shape index (κ2) is 9.77. The fraction of sp³-hybridized carbons (Fsp3) is 0.364. The Hall–Kier alpha value is -2.84. The van der Waals surface area contributed by atoms with Gasteiger partial charge in [-0.25, -0.2) is 15.0 Å². The van der Waals surface area contributed by atoms with Gasteiger partial charge in [0, 0.05) is 18.8 Å². The molecule has 8 heteroatoms.